The molecule has 0 aliphatic rings. The lowest BCUT2D eigenvalue weighted by Gasteiger charge is -2.39. The predicted octanol–water partition coefficient (Wildman–Crippen LogP) is 9.01. The molecule has 0 aliphatic heterocycles. The second-order valence-corrected chi connectivity index (χ2v) is 10.5. The Kier molecular flexibility index (Phi) is 12.5. The molecule has 0 amide bonds. The lowest BCUT2D eigenvalue weighted by Crippen LogP contribution is -2.52. The van der Waals surface area contributed by atoms with Crippen LogP contribution in [0.3, 0.4) is 0 Å². The molecule has 252 valence electrons. The molecule has 0 radical (unpaired) electrons. The summed E-state index contributed by atoms with van der Waals surface area (Å²) in [6, 6.07) is 3.48. The van der Waals surface area contributed by atoms with E-state index in [-0.39, 0.29) is 21.7 Å². The van der Waals surface area contributed by atoms with E-state index in [1.807, 2.05) is 20.8 Å². The molecule has 0 spiro atoms. The number of phenols is 1. The highest BCUT2D eigenvalue weighted by molar-refractivity contribution is 6.39. The van der Waals surface area contributed by atoms with Crippen LogP contribution in [0.1, 0.15) is 59.3 Å². The third-order valence-corrected chi connectivity index (χ3v) is 7.26. The number of halogens is 10. The van der Waals surface area contributed by atoms with E-state index >= 15 is 0 Å². The van der Waals surface area contributed by atoms with Gasteiger partial charge in [-0.1, -0.05) is 40.0 Å². The minimum Gasteiger partial charge on any atom is -0.508 e. The van der Waals surface area contributed by atoms with Crippen LogP contribution < -0.4 is 18.4 Å². The van der Waals surface area contributed by atoms with Crippen molar-refractivity contribution in [2.24, 2.45) is 0 Å². The lowest BCUT2D eigenvalue weighted by molar-refractivity contribution is 0.240. The first-order valence-electron chi connectivity index (χ1n) is 14.5. The van der Waals surface area contributed by atoms with Crippen molar-refractivity contribution in [2.45, 2.75) is 59.3 Å². The molecule has 3 aromatic carbocycles. The average Bonchev–Trinajstić information content (AvgIpc) is 3.05. The average molecular weight is 670 g/mol. The summed E-state index contributed by atoms with van der Waals surface area (Å²) in [5.74, 6) is -29.8. The number of hydrogen-bond donors (Lipinski definition) is 1. The monoisotopic (exact) mass is 670 g/mol. The van der Waals surface area contributed by atoms with Crippen LogP contribution in [0.15, 0.2) is 18.2 Å². The summed E-state index contributed by atoms with van der Waals surface area (Å²) in [7, 11) is -2.92. The second-order valence-electron chi connectivity index (χ2n) is 10.5. The summed E-state index contributed by atoms with van der Waals surface area (Å²) < 4.78 is 157. The molecule has 0 saturated heterocycles. The summed E-state index contributed by atoms with van der Waals surface area (Å²) in [5, 5.41) is 10.4. The number of rotatable bonds is 16. The first-order chi connectivity index (χ1) is 21.7. The molecule has 5 nitrogen and oxygen atoms in total. The van der Waals surface area contributed by atoms with Crippen molar-refractivity contribution in [1.29, 1.82) is 0 Å². The molecule has 0 aromatic heterocycles. The molecule has 3 rings (SSSR count). The van der Waals surface area contributed by atoms with E-state index in [1.165, 1.54) is 6.07 Å². The SMILES string of the molecule is CCCC[N+](CCCC)(CCCC)c1cc(O)ccc1OB(Oc1c(F)c(F)c(F)c(F)c1F)Oc1c(F)c(F)c(F)c(F)c1F. The smallest absolute Gasteiger partial charge is 0.508 e. The van der Waals surface area contributed by atoms with Gasteiger partial charge in [0.1, 0.15) is 5.75 Å². The molecule has 0 atom stereocenters. The van der Waals surface area contributed by atoms with E-state index in [2.05, 4.69) is 0 Å². The zero-order chi connectivity index (χ0) is 34.3. The molecule has 0 aliphatic carbocycles. The van der Waals surface area contributed by atoms with Gasteiger partial charge >= 0.3 is 7.32 Å². The first kappa shape index (κ1) is 36.7. The molecular weight excluding hydrogens is 639 g/mol. The van der Waals surface area contributed by atoms with Gasteiger partial charge in [-0.3, -0.25) is 4.48 Å². The summed E-state index contributed by atoms with van der Waals surface area (Å²) in [4.78, 5) is 0. The summed E-state index contributed by atoms with van der Waals surface area (Å²) in [6.07, 6.45) is 4.20. The van der Waals surface area contributed by atoms with E-state index in [1.54, 1.807) is 0 Å². The van der Waals surface area contributed by atoms with Crippen molar-refractivity contribution in [3.63, 3.8) is 0 Å². The van der Waals surface area contributed by atoms with Crippen molar-refractivity contribution in [3.05, 3.63) is 76.4 Å². The topological polar surface area (TPSA) is 47.9 Å². The molecule has 0 saturated carbocycles. The lowest BCUT2D eigenvalue weighted by atomic mass is 10.1. The van der Waals surface area contributed by atoms with Crippen molar-refractivity contribution >= 4 is 13.0 Å². The number of unbranched alkanes of at least 4 members (excludes halogenated alkanes) is 3. The normalized spacial score (nSPS) is 11.6. The second kappa shape index (κ2) is 15.7. The van der Waals surface area contributed by atoms with Crippen LogP contribution >= 0.6 is 0 Å². The molecule has 1 N–H and O–H groups in total. The fourth-order valence-corrected chi connectivity index (χ4v) is 4.80. The zero-order valence-electron chi connectivity index (χ0n) is 25.1. The van der Waals surface area contributed by atoms with Crippen LogP contribution in [0.4, 0.5) is 49.6 Å². The van der Waals surface area contributed by atoms with Gasteiger partial charge in [-0.25, -0.2) is 26.3 Å². The van der Waals surface area contributed by atoms with Crippen LogP contribution in [0, 0.1) is 58.2 Å². The van der Waals surface area contributed by atoms with E-state index in [0.29, 0.717) is 38.9 Å². The van der Waals surface area contributed by atoms with Crippen molar-refractivity contribution < 1.29 is 63.0 Å². The van der Waals surface area contributed by atoms with Gasteiger partial charge in [-0.2, -0.15) is 17.6 Å². The van der Waals surface area contributed by atoms with Crippen LogP contribution in [-0.2, 0) is 0 Å². The van der Waals surface area contributed by atoms with Gasteiger partial charge in [-0.15, -0.1) is 0 Å². The largest absolute Gasteiger partial charge is 0.864 e. The fraction of sp³-hybridized carbons (Fsp3) is 0.400. The minimum absolute atomic E-state index is 0.136. The maximum absolute atomic E-state index is 14.6. The maximum Gasteiger partial charge on any atom is 0.864 e. The van der Waals surface area contributed by atoms with E-state index < -0.39 is 77.0 Å². The van der Waals surface area contributed by atoms with Gasteiger partial charge < -0.3 is 19.1 Å². The number of nitrogens with zero attached hydrogens (tertiary/aromatic N) is 1. The zero-order valence-corrected chi connectivity index (χ0v) is 25.1. The number of benzene rings is 3. The van der Waals surface area contributed by atoms with Gasteiger partial charge in [0.05, 0.1) is 19.6 Å². The fourth-order valence-electron chi connectivity index (χ4n) is 4.80. The molecular formula is C30H31BF10NO4+. The molecule has 0 bridgehead atoms. The van der Waals surface area contributed by atoms with Crippen LogP contribution in [0.5, 0.6) is 23.0 Å². The van der Waals surface area contributed by atoms with Gasteiger partial charge in [0.25, 0.3) is 0 Å². The van der Waals surface area contributed by atoms with Crippen molar-refractivity contribution in [1.82, 2.24) is 4.48 Å². The molecule has 16 heteroatoms. The van der Waals surface area contributed by atoms with Crippen LogP contribution in [-0.4, -0.2) is 32.1 Å². The molecule has 46 heavy (non-hydrogen) atoms. The Morgan fingerprint density at radius 1 is 0.543 bits per heavy atom. The van der Waals surface area contributed by atoms with Crippen molar-refractivity contribution in [2.75, 3.05) is 19.6 Å². The molecule has 3 aromatic rings. The van der Waals surface area contributed by atoms with E-state index in [0.717, 1.165) is 31.4 Å². The molecule has 0 fully saturated rings. The summed E-state index contributed by atoms with van der Waals surface area (Å²) in [5.41, 5.74) is 0.211. The number of aromatic hydroxyl groups is 1. The van der Waals surface area contributed by atoms with Gasteiger partial charge in [0.15, 0.2) is 22.9 Å². The quantitative estimate of drug-likeness (QED) is 0.0544. The Balaban J connectivity index is 2.26. The van der Waals surface area contributed by atoms with Crippen LogP contribution in [0.2, 0.25) is 0 Å². The summed E-state index contributed by atoms with van der Waals surface area (Å²) >= 11 is 0. The van der Waals surface area contributed by atoms with Crippen molar-refractivity contribution in [3.8, 4) is 23.0 Å². The Morgan fingerprint density at radius 3 is 1.24 bits per heavy atom. The summed E-state index contributed by atoms with van der Waals surface area (Å²) in [6.45, 7) is 7.20. The highest BCUT2D eigenvalue weighted by Crippen LogP contribution is 2.40. The minimum atomic E-state index is -2.92. The van der Waals surface area contributed by atoms with E-state index in [4.69, 9.17) is 14.0 Å². The third-order valence-electron chi connectivity index (χ3n) is 7.26. The van der Waals surface area contributed by atoms with Crippen LogP contribution in [0.25, 0.3) is 0 Å². The van der Waals surface area contributed by atoms with Gasteiger partial charge in [-0.05, 0) is 31.4 Å². The number of hydrogen-bond acceptors (Lipinski definition) is 4. The third kappa shape index (κ3) is 7.59. The Bertz CT molecular complexity index is 1390. The highest BCUT2D eigenvalue weighted by atomic mass is 19.2. The van der Waals surface area contributed by atoms with Gasteiger partial charge in [0, 0.05) is 6.07 Å². The Labute approximate surface area is 259 Å². The van der Waals surface area contributed by atoms with E-state index in [9.17, 15) is 49.0 Å². The Morgan fingerprint density at radius 2 is 0.891 bits per heavy atom. The number of phenolic OH excluding ortho intramolecular Hbond substituents is 1. The highest BCUT2D eigenvalue weighted by Gasteiger charge is 2.42. The molecule has 0 unspecified atom stereocenters. The standard InChI is InChI=1S/C30H30BF10NO4/c1-4-7-12-42(13-8-5-2,14-9-6-3)17-15-16(43)10-11-18(17)44-31(45-29-25(38)21(34)19(32)22(35)26(29)39)46-30-27(40)23(36)20(33)24(37)28(30)41/h10-11,15H,4-9,12-14H2,1-3H3/p+1. The Hall–Kier alpha value is -3.82. The first-order valence-corrected chi connectivity index (χ1v) is 14.5. The number of quaternary nitrogens is 1. The maximum atomic E-state index is 14.6. The predicted molar refractivity (Wildman–Crippen MR) is 149 cm³/mol. The molecule has 0 heterocycles. The van der Waals surface area contributed by atoms with Gasteiger partial charge in [0.2, 0.25) is 58.2 Å².